The topological polar surface area (TPSA) is 20.3 Å². The Hall–Kier alpha value is -0.900. The summed E-state index contributed by atoms with van der Waals surface area (Å²) in [5, 5.41) is 0.772. The van der Waals surface area contributed by atoms with Crippen LogP contribution in [0.2, 0.25) is 0 Å². The van der Waals surface area contributed by atoms with Crippen LogP contribution in [0.5, 0.6) is 0 Å². The second-order valence-electron chi connectivity index (χ2n) is 4.95. The van der Waals surface area contributed by atoms with Gasteiger partial charge in [-0.2, -0.15) is 0 Å². The van der Waals surface area contributed by atoms with E-state index >= 15 is 0 Å². The highest BCUT2D eigenvalue weighted by atomic mass is 79.9. The van der Waals surface area contributed by atoms with E-state index in [1.807, 2.05) is 4.90 Å². The molecule has 98 valence electrons. The Morgan fingerprint density at radius 1 is 1.56 bits per heavy atom. The number of carbonyl (C=O) groups is 1. The fourth-order valence-corrected chi connectivity index (χ4v) is 3.38. The Morgan fingerprint density at radius 3 is 2.89 bits per heavy atom. The van der Waals surface area contributed by atoms with Gasteiger partial charge in [0.1, 0.15) is 5.82 Å². The Bertz CT molecular complexity index is 463. The zero-order chi connectivity index (χ0) is 13.3. The van der Waals surface area contributed by atoms with Gasteiger partial charge in [-0.15, -0.1) is 0 Å². The van der Waals surface area contributed by atoms with E-state index in [1.165, 1.54) is 6.07 Å². The summed E-state index contributed by atoms with van der Waals surface area (Å²) in [6.07, 6.45) is 1.01. The Balaban J connectivity index is 2.23. The van der Waals surface area contributed by atoms with Crippen LogP contribution in [0, 0.1) is 18.7 Å². The summed E-state index contributed by atoms with van der Waals surface area (Å²) in [4.78, 5) is 14.2. The monoisotopic (exact) mass is 313 g/mol. The Labute approximate surface area is 115 Å². The molecule has 1 fully saturated rings. The minimum atomic E-state index is -0.316. The normalized spacial score (nSPS) is 23.4. The second kappa shape index (κ2) is 5.39. The van der Waals surface area contributed by atoms with Gasteiger partial charge in [-0.3, -0.25) is 4.79 Å². The van der Waals surface area contributed by atoms with E-state index in [0.717, 1.165) is 18.3 Å². The van der Waals surface area contributed by atoms with Crippen LogP contribution in [0.4, 0.5) is 4.39 Å². The van der Waals surface area contributed by atoms with Crippen molar-refractivity contribution in [1.82, 2.24) is 4.90 Å². The molecule has 0 aliphatic carbocycles. The van der Waals surface area contributed by atoms with Crippen molar-refractivity contribution in [2.24, 2.45) is 5.92 Å². The van der Waals surface area contributed by atoms with E-state index in [-0.39, 0.29) is 17.8 Å². The number of nitrogens with zero attached hydrogens (tertiary/aromatic N) is 1. The number of hydrogen-bond donors (Lipinski definition) is 0. The molecule has 0 saturated carbocycles. The van der Waals surface area contributed by atoms with Gasteiger partial charge in [-0.1, -0.05) is 28.9 Å². The predicted molar refractivity (Wildman–Crippen MR) is 73.5 cm³/mol. The van der Waals surface area contributed by atoms with Gasteiger partial charge < -0.3 is 4.90 Å². The second-order valence-corrected chi connectivity index (χ2v) is 5.60. The summed E-state index contributed by atoms with van der Waals surface area (Å²) in [7, 11) is 0. The number of halogens is 2. The van der Waals surface area contributed by atoms with Crippen LogP contribution >= 0.6 is 15.9 Å². The van der Waals surface area contributed by atoms with Gasteiger partial charge in [0.05, 0.1) is 0 Å². The van der Waals surface area contributed by atoms with E-state index in [9.17, 15) is 9.18 Å². The predicted octanol–water partition coefficient (Wildman–Crippen LogP) is 3.38. The van der Waals surface area contributed by atoms with Crippen LogP contribution in [0.3, 0.4) is 0 Å². The zero-order valence-electron chi connectivity index (χ0n) is 10.6. The number of amides is 1. The highest BCUT2D eigenvalue weighted by Crippen LogP contribution is 2.27. The minimum absolute atomic E-state index is 0.0669. The number of likely N-dealkylation sites (tertiary alicyclic amines) is 1. The summed E-state index contributed by atoms with van der Waals surface area (Å²) < 4.78 is 13.5. The fraction of sp³-hybridized carbons (Fsp3) is 0.500. The summed E-state index contributed by atoms with van der Waals surface area (Å²) in [5.41, 5.74) is 1.01. The molecule has 1 amide bonds. The standard InChI is InChI=1S/C14H17BrFNO/c1-9-3-4-11(7-12(9)16)14(18)17-6-5-10(2)13(17)8-15/h3-4,7,10,13H,5-6,8H2,1-2H3. The average Bonchev–Trinajstić information content (AvgIpc) is 2.73. The molecule has 0 aromatic heterocycles. The number of aryl methyl sites for hydroxylation is 1. The molecule has 1 aliphatic heterocycles. The van der Waals surface area contributed by atoms with Crippen LogP contribution in [0.25, 0.3) is 0 Å². The number of alkyl halides is 1. The van der Waals surface area contributed by atoms with E-state index < -0.39 is 0 Å². The highest BCUT2D eigenvalue weighted by molar-refractivity contribution is 9.09. The molecule has 2 unspecified atom stereocenters. The van der Waals surface area contributed by atoms with Crippen LogP contribution in [0.1, 0.15) is 29.3 Å². The first-order valence-electron chi connectivity index (χ1n) is 6.17. The van der Waals surface area contributed by atoms with Gasteiger partial charge in [0.25, 0.3) is 5.91 Å². The van der Waals surface area contributed by atoms with E-state index in [0.29, 0.717) is 17.0 Å². The first-order valence-corrected chi connectivity index (χ1v) is 7.30. The van der Waals surface area contributed by atoms with Gasteiger partial charge in [0.2, 0.25) is 0 Å². The first kappa shape index (κ1) is 13.5. The van der Waals surface area contributed by atoms with Crippen molar-refractivity contribution in [3.63, 3.8) is 0 Å². The lowest BCUT2D eigenvalue weighted by molar-refractivity contribution is 0.0738. The molecule has 0 radical (unpaired) electrons. The van der Waals surface area contributed by atoms with Gasteiger partial charge in [-0.05, 0) is 37.0 Å². The molecule has 1 heterocycles. The number of benzene rings is 1. The van der Waals surface area contributed by atoms with Crippen LogP contribution in [-0.2, 0) is 0 Å². The van der Waals surface area contributed by atoms with E-state index in [4.69, 9.17) is 0 Å². The van der Waals surface area contributed by atoms with Crippen LogP contribution in [0.15, 0.2) is 18.2 Å². The molecule has 0 spiro atoms. The maximum Gasteiger partial charge on any atom is 0.254 e. The number of carbonyl (C=O) groups excluding carboxylic acids is 1. The number of hydrogen-bond acceptors (Lipinski definition) is 1. The van der Waals surface area contributed by atoms with Crippen molar-refractivity contribution < 1.29 is 9.18 Å². The first-order chi connectivity index (χ1) is 8.54. The zero-order valence-corrected chi connectivity index (χ0v) is 12.2. The van der Waals surface area contributed by atoms with Gasteiger partial charge >= 0.3 is 0 Å². The van der Waals surface area contributed by atoms with Crippen LogP contribution in [-0.4, -0.2) is 28.7 Å². The largest absolute Gasteiger partial charge is 0.335 e. The number of rotatable bonds is 2. The third-order valence-electron chi connectivity index (χ3n) is 3.72. The minimum Gasteiger partial charge on any atom is -0.335 e. The summed E-state index contributed by atoms with van der Waals surface area (Å²) >= 11 is 3.46. The summed E-state index contributed by atoms with van der Waals surface area (Å²) in [6, 6.07) is 4.91. The third-order valence-corrected chi connectivity index (χ3v) is 4.38. The molecule has 1 saturated heterocycles. The Morgan fingerprint density at radius 2 is 2.28 bits per heavy atom. The van der Waals surface area contributed by atoms with E-state index in [1.54, 1.807) is 19.1 Å². The van der Waals surface area contributed by atoms with Crippen LogP contribution < -0.4 is 0 Å². The maximum atomic E-state index is 13.5. The highest BCUT2D eigenvalue weighted by Gasteiger charge is 2.34. The average molecular weight is 314 g/mol. The SMILES string of the molecule is Cc1ccc(C(=O)N2CCC(C)C2CBr)cc1F. The summed E-state index contributed by atoms with van der Waals surface area (Å²) in [5.74, 6) is 0.106. The Kier molecular flexibility index (Phi) is 4.05. The molecule has 0 N–H and O–H groups in total. The molecule has 1 aromatic carbocycles. The lowest BCUT2D eigenvalue weighted by atomic mass is 10.0. The molecule has 2 rings (SSSR count). The molecule has 2 nitrogen and oxygen atoms in total. The summed E-state index contributed by atoms with van der Waals surface area (Å²) in [6.45, 7) is 4.60. The van der Waals surface area contributed by atoms with Crippen molar-refractivity contribution in [1.29, 1.82) is 0 Å². The van der Waals surface area contributed by atoms with E-state index in [2.05, 4.69) is 22.9 Å². The van der Waals surface area contributed by atoms with Gasteiger partial charge in [0, 0.05) is 23.5 Å². The molecule has 1 aliphatic rings. The maximum absolute atomic E-state index is 13.5. The van der Waals surface area contributed by atoms with Crippen molar-refractivity contribution in [3.8, 4) is 0 Å². The van der Waals surface area contributed by atoms with Crippen molar-refractivity contribution in [2.75, 3.05) is 11.9 Å². The lowest BCUT2D eigenvalue weighted by Crippen LogP contribution is -2.38. The molecule has 1 aromatic rings. The van der Waals surface area contributed by atoms with Crippen molar-refractivity contribution >= 4 is 21.8 Å². The molecule has 0 bridgehead atoms. The van der Waals surface area contributed by atoms with Crippen molar-refractivity contribution in [2.45, 2.75) is 26.3 Å². The van der Waals surface area contributed by atoms with Crippen molar-refractivity contribution in [3.05, 3.63) is 35.1 Å². The smallest absolute Gasteiger partial charge is 0.254 e. The molecule has 4 heteroatoms. The quantitative estimate of drug-likeness (QED) is 0.766. The molecular formula is C14H17BrFNO. The van der Waals surface area contributed by atoms with Gasteiger partial charge in [0.15, 0.2) is 0 Å². The fourth-order valence-electron chi connectivity index (χ4n) is 2.39. The molecule has 18 heavy (non-hydrogen) atoms. The lowest BCUT2D eigenvalue weighted by Gasteiger charge is -2.25. The van der Waals surface area contributed by atoms with Gasteiger partial charge in [-0.25, -0.2) is 4.39 Å². The molecular weight excluding hydrogens is 297 g/mol. The third kappa shape index (κ3) is 2.44. The molecule has 2 atom stereocenters.